The van der Waals surface area contributed by atoms with Crippen molar-refractivity contribution in [3.05, 3.63) is 150 Å². The number of aliphatic hydroxyl groups is 2. The van der Waals surface area contributed by atoms with Crippen LogP contribution in [0.2, 0.25) is 5.15 Å². The molecule has 7 aromatic heterocycles. The molecule has 104 heavy (non-hydrogen) atoms. The van der Waals surface area contributed by atoms with Crippen molar-refractivity contribution >= 4 is 93.5 Å². The molecule has 0 saturated heterocycles. The van der Waals surface area contributed by atoms with E-state index in [2.05, 4.69) is 85.7 Å². The SMILES string of the molecule is C.C#CC(=O)OC.COc1ccc(-c2cn[nH]c2N)cc1OC.COc1ccc(-c2cnn3ccc(=O)[nH]c23)cc1OC.COc1ccc(-c2cnn3ccc(Cl)nc23)cc1OC.COc1ccc(-c2cnn3ccc(N[C@@H]4CCCC[C@@H]4O)nc23)cc1OC.N[C@@H]1CCCC[C@@H]1O.O=P(Cl)(Cl)Cl.[2HH].[B]. The molecule has 2 saturated carbocycles. The number of nitrogens with two attached hydrogens (primary N) is 2. The molecule has 2 aliphatic carbocycles. The lowest BCUT2D eigenvalue weighted by Gasteiger charge is -2.28. The number of nitrogens with zero attached hydrogens (tertiary/aromatic N) is 9. The number of nitrogen functional groups attached to an aromatic ring is 1. The number of aliphatic hydroxyl groups excluding tert-OH is 2. The number of nitrogens with one attached hydrogen (secondary N) is 3. The molecule has 7 heterocycles. The largest absolute Gasteiger partial charge is 0.493 e. The highest BCUT2D eigenvalue weighted by Crippen LogP contribution is 2.61. The van der Waals surface area contributed by atoms with Gasteiger partial charge < -0.3 is 74.6 Å². The fourth-order valence-corrected chi connectivity index (χ4v) is 10.7. The van der Waals surface area contributed by atoms with Crippen molar-refractivity contribution in [1.29, 1.82) is 0 Å². The van der Waals surface area contributed by atoms with E-state index in [0.29, 0.717) is 68.3 Å². The van der Waals surface area contributed by atoms with Gasteiger partial charge in [0.1, 0.15) is 22.4 Å². The molecule has 28 nitrogen and oxygen atoms in total. The van der Waals surface area contributed by atoms with Gasteiger partial charge in [0.25, 0.3) is 5.56 Å². The zero-order valence-electron chi connectivity index (χ0n) is 57.8. The van der Waals surface area contributed by atoms with Gasteiger partial charge in [-0.25, -0.2) is 28.3 Å². The Morgan fingerprint density at radius 1 is 0.587 bits per heavy atom. The first-order chi connectivity index (χ1) is 49.0. The van der Waals surface area contributed by atoms with Crippen molar-refractivity contribution in [1.82, 2.24) is 54.0 Å². The van der Waals surface area contributed by atoms with Crippen molar-refractivity contribution in [3.63, 3.8) is 0 Å². The van der Waals surface area contributed by atoms with Crippen molar-refractivity contribution in [2.45, 2.75) is 83.1 Å². The number of benzene rings is 4. The normalized spacial score (nSPS) is 14.8. The molecule has 3 radical (unpaired) electrons. The van der Waals surface area contributed by atoms with Crippen molar-refractivity contribution in [2.75, 3.05) is 75.0 Å². The molecule has 34 heteroatoms. The van der Waals surface area contributed by atoms with Crippen molar-refractivity contribution in [3.8, 4) is 103 Å². The molecule has 2 aliphatic rings. The summed E-state index contributed by atoms with van der Waals surface area (Å²) in [5.74, 6) is 7.72. The van der Waals surface area contributed by atoms with Gasteiger partial charge in [0.05, 0.1) is 107 Å². The number of carbonyl (C=O) groups is 1. The predicted octanol–water partition coefficient (Wildman–Crippen LogP) is 12.9. The molecule has 4 atom stereocenters. The van der Waals surface area contributed by atoms with Gasteiger partial charge in [0.15, 0.2) is 57.3 Å². The number of anilines is 2. The van der Waals surface area contributed by atoms with Crippen molar-refractivity contribution in [2.24, 2.45) is 5.73 Å². The number of ether oxygens (including phenoxy) is 9. The maximum atomic E-state index is 11.4. The Kier molecular flexibility index (Phi) is 33.8. The van der Waals surface area contributed by atoms with Gasteiger partial charge in [-0.3, -0.25) is 14.5 Å². The van der Waals surface area contributed by atoms with Gasteiger partial charge >= 0.3 is 11.2 Å². The fourth-order valence-electron chi connectivity index (χ4n) is 10.5. The number of hydrogen-bond donors (Lipinski definition) is 7. The van der Waals surface area contributed by atoms with Crippen molar-refractivity contribution < 1.29 is 63.6 Å². The molecule has 0 bridgehead atoms. The number of esters is 1. The molecule has 9 N–H and O–H groups in total. The molecule has 4 aromatic carbocycles. The van der Waals surface area contributed by atoms with Gasteiger partial charge in [-0.15, -0.1) is 6.42 Å². The minimum Gasteiger partial charge on any atom is -0.493 e. The number of rotatable bonds is 14. The molecule has 0 spiro atoms. The second kappa shape index (κ2) is 41.4. The fraction of sp³-hybridized carbons (Fsp3) is 0.314. The first kappa shape index (κ1) is 84.8. The minimum absolute atomic E-state index is 0. The van der Waals surface area contributed by atoms with E-state index >= 15 is 0 Å². The summed E-state index contributed by atoms with van der Waals surface area (Å²) in [6.45, 7) is 0. The molecule has 2 fully saturated rings. The monoisotopic (exact) mass is 1530 g/mol. The lowest BCUT2D eigenvalue weighted by atomic mass is 9.93. The first-order valence-electron chi connectivity index (χ1n) is 31.2. The third kappa shape index (κ3) is 23.6. The third-order valence-electron chi connectivity index (χ3n) is 15.7. The number of terminal acetylenes is 1. The van der Waals surface area contributed by atoms with Crippen LogP contribution < -0.4 is 60.2 Å². The number of methoxy groups -OCH3 is 9. The first-order valence-corrected chi connectivity index (χ1v) is 36.0. The number of aromatic amines is 2. The molecule has 555 valence electrons. The number of halogens is 4. The van der Waals surface area contributed by atoms with E-state index < -0.39 is 11.2 Å². The number of hydrogen-bond acceptors (Lipinski definition) is 23. The van der Waals surface area contributed by atoms with E-state index in [1.54, 1.807) is 120 Å². The summed E-state index contributed by atoms with van der Waals surface area (Å²) in [6, 6.07) is 27.7. The average Bonchev–Trinajstić information content (AvgIpc) is 1.71. The highest BCUT2D eigenvalue weighted by Gasteiger charge is 2.24. The summed E-state index contributed by atoms with van der Waals surface area (Å²) >= 11 is 19.8. The number of H-pyrrole nitrogens is 2. The lowest BCUT2D eigenvalue weighted by Crippen LogP contribution is -2.37. The van der Waals surface area contributed by atoms with E-state index in [-0.39, 0.29) is 47.1 Å². The summed E-state index contributed by atoms with van der Waals surface area (Å²) in [4.78, 5) is 33.0. The molecule has 13 rings (SSSR count). The van der Waals surface area contributed by atoms with Crippen LogP contribution in [0.25, 0.3) is 61.4 Å². The Morgan fingerprint density at radius 3 is 1.39 bits per heavy atom. The van der Waals surface area contributed by atoms with E-state index in [1.807, 2.05) is 85.1 Å². The Morgan fingerprint density at radius 2 is 0.990 bits per heavy atom. The van der Waals surface area contributed by atoms with E-state index in [4.69, 9.17) is 71.1 Å². The number of carbonyl (C=O) groups excluding carboxylic acids is 1. The van der Waals surface area contributed by atoms with Crippen LogP contribution in [0.5, 0.6) is 46.0 Å². The Bertz CT molecular complexity index is 4690. The standard InChI is InChI=1S/C20H24N4O3.C14H12ClN3O2.C14H13N3O3.C11H13N3O2.C6H13NO.C4H4O2.CH4.B.Cl3OP.H2/c1-26-17-8-7-13(11-18(17)27-2)14-12-21-24-10-9-19(23-20(14)24)22-15-5-3-4-6-16(15)25;1-19-11-4-3-9(7-12(11)20-2)10-8-16-18-6-5-13(15)17-14(10)18;1-19-11-4-3-9(7-12(11)20-2)10-8-15-17-6-5-13(18)16-14(10)17;1-15-9-4-3-7(5-10(9)16-2)8-6-13-14-11(8)12;7-5-3-1-2-4-6(5)8;1-3-4(5)6-2;;;1-5(2,3)4;/h7-12,15-16,25H,3-6H2,1-2H3,(H,22,23);3-8H,1-2H3;3-8H,1-2H3,(H,16,18);3-6H,1-2H3,(H3,12,13,14);5-6,8H,1-4,7H2;1H,2H3;1H4;;;1H/t15-,16+;;;;5-,6+;;;;;/m1...1...../s1/i;;;;;;;;;1+1. The van der Waals surface area contributed by atoms with Gasteiger partial charge in [0.2, 0.25) is 0 Å². The summed E-state index contributed by atoms with van der Waals surface area (Å²) in [5.41, 5.74) is 20.4. The second-order valence-corrected chi connectivity index (χ2v) is 29.0. The molecule has 0 amide bonds. The molecule has 0 aliphatic heterocycles. The average molecular weight is 1530 g/mol. The summed E-state index contributed by atoms with van der Waals surface area (Å²) in [6.07, 6.45) is 24.5. The lowest BCUT2D eigenvalue weighted by molar-refractivity contribution is -0.133. The Hall–Kier alpha value is -9.89. The van der Waals surface area contributed by atoms with Crippen LogP contribution in [-0.2, 0) is 14.1 Å². The zero-order valence-corrected chi connectivity index (χ0v) is 61.7. The maximum Gasteiger partial charge on any atom is 0.383 e. The van der Waals surface area contributed by atoms with Crippen LogP contribution in [-0.4, -0.2) is 167 Å². The van der Waals surface area contributed by atoms with Crippen LogP contribution in [0.15, 0.2) is 139 Å². The second-order valence-electron chi connectivity index (χ2n) is 22.0. The van der Waals surface area contributed by atoms with Gasteiger partial charge in [-0.2, -0.15) is 20.4 Å². The van der Waals surface area contributed by atoms with E-state index in [0.717, 1.165) is 101 Å². The summed E-state index contributed by atoms with van der Waals surface area (Å²) < 4.78 is 60.7. The van der Waals surface area contributed by atoms with Crippen LogP contribution in [0, 0.1) is 12.3 Å². The molecule has 0 unspecified atom stereocenters. The topological polar surface area (TPSA) is 361 Å². The van der Waals surface area contributed by atoms with Gasteiger partial charge in [0, 0.05) is 68.7 Å². The minimum atomic E-state index is -3.22. The van der Waals surface area contributed by atoms with Gasteiger partial charge in [-0.05, 0) is 142 Å². The Balaban J connectivity index is 0.000000274. The molecular formula is C70H85BCl4N14O14P. The van der Waals surface area contributed by atoms with Gasteiger partial charge in [-0.1, -0.05) is 69.0 Å². The number of aromatic nitrogens is 11. The summed E-state index contributed by atoms with van der Waals surface area (Å²) in [5, 5.41) is 39.3. The Labute approximate surface area is 624 Å². The highest BCUT2D eigenvalue weighted by molar-refractivity contribution is 8.24. The highest BCUT2D eigenvalue weighted by atomic mass is 36.0. The third-order valence-corrected chi connectivity index (χ3v) is 15.9. The molecular weight excluding hydrogens is 1440 g/mol. The maximum absolute atomic E-state index is 11.4. The van der Waals surface area contributed by atoms with E-state index in [1.165, 1.54) is 19.6 Å². The van der Waals surface area contributed by atoms with Crippen LogP contribution in [0.1, 0.15) is 60.2 Å². The zero-order chi connectivity index (χ0) is 74.0. The quantitative estimate of drug-likeness (QED) is 0.0133. The van der Waals surface area contributed by atoms with Crippen LogP contribution >= 0.6 is 50.5 Å². The van der Waals surface area contributed by atoms with Crippen LogP contribution in [0.4, 0.5) is 11.6 Å². The smallest absolute Gasteiger partial charge is 0.383 e. The summed E-state index contributed by atoms with van der Waals surface area (Å²) in [7, 11) is 14.1. The predicted molar refractivity (Wildman–Crippen MR) is 409 cm³/mol. The number of fused-ring (bicyclic) bond motifs is 3. The molecule has 11 aromatic rings. The van der Waals surface area contributed by atoms with Crippen LogP contribution in [0.3, 0.4) is 0 Å². The van der Waals surface area contributed by atoms with E-state index in [9.17, 15) is 19.3 Å².